The van der Waals surface area contributed by atoms with E-state index in [-0.39, 0.29) is 23.6 Å². The Morgan fingerprint density at radius 1 is 1.25 bits per heavy atom. The van der Waals surface area contributed by atoms with Gasteiger partial charge in [-0.3, -0.25) is 9.78 Å². The minimum atomic E-state index is -0.464. The van der Waals surface area contributed by atoms with Crippen LogP contribution in [-0.2, 0) is 11.3 Å². The Bertz CT molecular complexity index is 816. The SMILES string of the molecule is NC1C2CCCC1CC(C(=O)NCc1ccc(Oc3cccnc3)c(F)c1)C2. The highest BCUT2D eigenvalue weighted by Crippen LogP contribution is 2.41. The van der Waals surface area contributed by atoms with Crippen molar-refractivity contribution in [1.82, 2.24) is 10.3 Å². The molecule has 2 atom stereocenters. The number of ether oxygens (including phenoxy) is 1. The zero-order valence-electron chi connectivity index (χ0n) is 15.8. The Labute approximate surface area is 164 Å². The molecule has 2 aliphatic carbocycles. The van der Waals surface area contributed by atoms with Gasteiger partial charge in [-0.2, -0.15) is 0 Å². The van der Waals surface area contributed by atoms with E-state index >= 15 is 0 Å². The topological polar surface area (TPSA) is 77.2 Å². The van der Waals surface area contributed by atoms with Gasteiger partial charge in [0.1, 0.15) is 5.75 Å². The molecule has 5 nitrogen and oxygen atoms in total. The third kappa shape index (κ3) is 4.17. The van der Waals surface area contributed by atoms with Crippen LogP contribution in [0.15, 0.2) is 42.7 Å². The Morgan fingerprint density at radius 3 is 2.71 bits per heavy atom. The highest BCUT2D eigenvalue weighted by Gasteiger charge is 2.40. The predicted octanol–water partition coefficient (Wildman–Crippen LogP) is 3.78. The summed E-state index contributed by atoms with van der Waals surface area (Å²) in [6.45, 7) is 0.306. The normalized spacial score (nSPS) is 26.5. The van der Waals surface area contributed by atoms with Gasteiger partial charge in [0.25, 0.3) is 0 Å². The van der Waals surface area contributed by atoms with Crippen molar-refractivity contribution in [3.05, 3.63) is 54.1 Å². The van der Waals surface area contributed by atoms with Crippen LogP contribution in [0.5, 0.6) is 11.5 Å². The second kappa shape index (κ2) is 8.27. The number of benzene rings is 1. The predicted molar refractivity (Wildman–Crippen MR) is 104 cm³/mol. The molecule has 0 radical (unpaired) electrons. The fourth-order valence-electron chi connectivity index (χ4n) is 4.61. The molecule has 4 rings (SSSR count). The zero-order valence-corrected chi connectivity index (χ0v) is 15.8. The molecule has 6 heteroatoms. The van der Waals surface area contributed by atoms with Crippen LogP contribution in [0.3, 0.4) is 0 Å². The van der Waals surface area contributed by atoms with E-state index in [0.717, 1.165) is 25.7 Å². The maximum Gasteiger partial charge on any atom is 0.223 e. The minimum absolute atomic E-state index is 0.0214. The molecule has 28 heavy (non-hydrogen) atoms. The van der Waals surface area contributed by atoms with Crippen molar-refractivity contribution in [2.75, 3.05) is 0 Å². The van der Waals surface area contributed by atoms with Crippen molar-refractivity contribution in [3.63, 3.8) is 0 Å². The van der Waals surface area contributed by atoms with Crippen LogP contribution in [0.1, 0.15) is 37.7 Å². The van der Waals surface area contributed by atoms with Crippen LogP contribution in [0, 0.1) is 23.6 Å². The fraction of sp³-hybridized carbons (Fsp3) is 0.455. The maximum absolute atomic E-state index is 14.3. The molecule has 3 N–H and O–H groups in total. The second-order valence-corrected chi connectivity index (χ2v) is 7.97. The molecule has 0 aliphatic heterocycles. The number of halogens is 1. The Hall–Kier alpha value is -2.47. The third-order valence-corrected chi connectivity index (χ3v) is 6.11. The summed E-state index contributed by atoms with van der Waals surface area (Å²) < 4.78 is 19.8. The average molecular weight is 383 g/mol. The molecule has 148 valence electrons. The first-order chi connectivity index (χ1) is 13.6. The summed E-state index contributed by atoms with van der Waals surface area (Å²) in [5.41, 5.74) is 7.01. The van der Waals surface area contributed by atoms with Crippen molar-refractivity contribution < 1.29 is 13.9 Å². The zero-order chi connectivity index (χ0) is 19.5. The van der Waals surface area contributed by atoms with Crippen LogP contribution < -0.4 is 15.8 Å². The van der Waals surface area contributed by atoms with Crippen molar-refractivity contribution in [3.8, 4) is 11.5 Å². The quantitative estimate of drug-likeness (QED) is 0.824. The second-order valence-electron chi connectivity index (χ2n) is 7.97. The largest absolute Gasteiger partial charge is 0.453 e. The molecular weight excluding hydrogens is 357 g/mol. The Balaban J connectivity index is 1.33. The lowest BCUT2D eigenvalue weighted by Gasteiger charge is -2.43. The molecular formula is C22H26FN3O2. The van der Waals surface area contributed by atoms with E-state index < -0.39 is 5.82 Å². The first-order valence-corrected chi connectivity index (χ1v) is 10.00. The summed E-state index contributed by atoms with van der Waals surface area (Å²) in [7, 11) is 0. The number of fused-ring (bicyclic) bond motifs is 2. The first-order valence-electron chi connectivity index (χ1n) is 10.00. The van der Waals surface area contributed by atoms with Gasteiger partial charge in [-0.05, 0) is 67.3 Å². The summed E-state index contributed by atoms with van der Waals surface area (Å²) >= 11 is 0. The van der Waals surface area contributed by atoms with Crippen LogP contribution in [-0.4, -0.2) is 16.9 Å². The number of carbonyl (C=O) groups is 1. The number of pyridine rings is 1. The summed E-state index contributed by atoms with van der Waals surface area (Å²) in [6, 6.07) is 8.43. The fourth-order valence-corrected chi connectivity index (χ4v) is 4.61. The summed E-state index contributed by atoms with van der Waals surface area (Å²) in [5.74, 6) is 1.15. The Morgan fingerprint density at radius 2 is 2.04 bits per heavy atom. The molecule has 1 aromatic heterocycles. The third-order valence-electron chi connectivity index (χ3n) is 6.11. The molecule has 0 saturated heterocycles. The van der Waals surface area contributed by atoms with Crippen LogP contribution in [0.2, 0.25) is 0 Å². The maximum atomic E-state index is 14.3. The van der Waals surface area contributed by atoms with E-state index in [1.54, 1.807) is 30.5 Å². The molecule has 2 aliphatic rings. The van der Waals surface area contributed by atoms with Gasteiger partial charge >= 0.3 is 0 Å². The van der Waals surface area contributed by atoms with Crippen LogP contribution in [0.25, 0.3) is 0 Å². The van der Waals surface area contributed by atoms with Crippen LogP contribution >= 0.6 is 0 Å². The highest BCUT2D eigenvalue weighted by atomic mass is 19.1. The highest BCUT2D eigenvalue weighted by molar-refractivity contribution is 5.78. The number of hydrogen-bond acceptors (Lipinski definition) is 4. The number of nitrogens with one attached hydrogen (secondary N) is 1. The lowest BCUT2D eigenvalue weighted by atomic mass is 9.65. The van der Waals surface area contributed by atoms with Crippen molar-refractivity contribution in [1.29, 1.82) is 0 Å². The van der Waals surface area contributed by atoms with E-state index in [0.29, 0.717) is 29.7 Å². The van der Waals surface area contributed by atoms with Crippen molar-refractivity contribution in [2.24, 2.45) is 23.5 Å². The summed E-state index contributed by atoms with van der Waals surface area (Å²) in [4.78, 5) is 16.6. The van der Waals surface area contributed by atoms with Crippen LogP contribution in [0.4, 0.5) is 4.39 Å². The van der Waals surface area contributed by atoms with E-state index in [1.165, 1.54) is 18.7 Å². The van der Waals surface area contributed by atoms with Crippen molar-refractivity contribution >= 4 is 5.91 Å². The molecule has 2 bridgehead atoms. The van der Waals surface area contributed by atoms with Gasteiger partial charge in [0.2, 0.25) is 5.91 Å². The molecule has 1 amide bonds. The lowest BCUT2D eigenvalue weighted by molar-refractivity contribution is -0.128. The van der Waals surface area contributed by atoms with E-state index in [4.69, 9.17) is 10.5 Å². The Kier molecular flexibility index (Phi) is 5.57. The molecule has 2 unspecified atom stereocenters. The first kappa shape index (κ1) is 18.9. The number of rotatable bonds is 5. The van der Waals surface area contributed by atoms with Gasteiger partial charge in [-0.1, -0.05) is 12.5 Å². The molecule has 2 aromatic rings. The summed E-state index contributed by atoms with van der Waals surface area (Å²) in [5, 5.41) is 2.97. The molecule has 0 spiro atoms. The molecule has 2 saturated carbocycles. The van der Waals surface area contributed by atoms with Gasteiger partial charge in [0, 0.05) is 24.7 Å². The number of carbonyl (C=O) groups excluding carboxylic acids is 1. The smallest absolute Gasteiger partial charge is 0.223 e. The lowest BCUT2D eigenvalue weighted by Crippen LogP contribution is -2.49. The number of nitrogens with zero attached hydrogens (tertiary/aromatic N) is 1. The average Bonchev–Trinajstić information content (AvgIpc) is 2.68. The number of amides is 1. The van der Waals surface area contributed by atoms with E-state index in [1.807, 2.05) is 0 Å². The summed E-state index contributed by atoms with van der Waals surface area (Å²) in [6.07, 6.45) is 8.38. The molecule has 1 aromatic carbocycles. The van der Waals surface area contributed by atoms with E-state index in [9.17, 15) is 9.18 Å². The van der Waals surface area contributed by atoms with Gasteiger partial charge < -0.3 is 15.8 Å². The van der Waals surface area contributed by atoms with Crippen molar-refractivity contribution in [2.45, 2.75) is 44.7 Å². The molecule has 2 fully saturated rings. The van der Waals surface area contributed by atoms with Gasteiger partial charge in [-0.15, -0.1) is 0 Å². The standard InChI is InChI=1S/C22H26FN3O2/c23-19-9-14(6-7-20(19)28-18-5-2-8-25-13-18)12-26-22(27)17-10-15-3-1-4-16(11-17)21(15)24/h2,5-9,13,15-17,21H,1,3-4,10-12,24H2,(H,26,27). The number of aromatic nitrogens is 1. The number of hydrogen-bond donors (Lipinski definition) is 2. The van der Waals surface area contributed by atoms with Gasteiger partial charge in [0.15, 0.2) is 11.6 Å². The van der Waals surface area contributed by atoms with E-state index in [2.05, 4.69) is 10.3 Å². The van der Waals surface area contributed by atoms with Gasteiger partial charge in [0.05, 0.1) is 6.20 Å². The minimum Gasteiger partial charge on any atom is -0.453 e. The monoisotopic (exact) mass is 383 g/mol. The van der Waals surface area contributed by atoms with Gasteiger partial charge in [-0.25, -0.2) is 4.39 Å². The number of nitrogens with two attached hydrogens (primary N) is 1. The molecule has 1 heterocycles.